The van der Waals surface area contributed by atoms with Crippen molar-refractivity contribution in [3.8, 4) is 17.5 Å². The fourth-order valence-corrected chi connectivity index (χ4v) is 2.53. The van der Waals surface area contributed by atoms with Crippen LogP contribution >= 0.6 is 0 Å². The van der Waals surface area contributed by atoms with E-state index in [1.165, 1.54) is 24.3 Å². The summed E-state index contributed by atoms with van der Waals surface area (Å²) in [4.78, 5) is 12.0. The first-order valence-corrected chi connectivity index (χ1v) is 8.16. The summed E-state index contributed by atoms with van der Waals surface area (Å²) in [5, 5.41) is 13.8. The number of halogens is 1. The van der Waals surface area contributed by atoms with Crippen LogP contribution in [0.4, 0.5) is 4.39 Å². The van der Waals surface area contributed by atoms with Crippen molar-refractivity contribution in [1.82, 2.24) is 9.78 Å². The molecule has 27 heavy (non-hydrogen) atoms. The van der Waals surface area contributed by atoms with Crippen LogP contribution in [-0.4, -0.2) is 22.4 Å². The van der Waals surface area contributed by atoms with Crippen LogP contribution in [0.3, 0.4) is 0 Å². The average Bonchev–Trinajstić information content (AvgIpc) is 3.01. The van der Waals surface area contributed by atoms with Gasteiger partial charge >= 0.3 is 5.97 Å². The van der Waals surface area contributed by atoms with E-state index in [2.05, 4.69) is 11.2 Å². The standard InChI is InChI=1S/C20H16FN3O3/c1-14-18(11-22)19(24(23-14)16-7-3-2-4-8-16)12-27-20(25)13-26-17-9-5-6-15(21)10-17/h2-10H,12-13H2,1H3. The molecule has 0 radical (unpaired) electrons. The topological polar surface area (TPSA) is 77.1 Å². The zero-order valence-corrected chi connectivity index (χ0v) is 14.6. The Morgan fingerprint density at radius 3 is 2.70 bits per heavy atom. The molecule has 3 aromatic rings. The summed E-state index contributed by atoms with van der Waals surface area (Å²) in [5.74, 6) is -0.863. The first-order chi connectivity index (χ1) is 13.1. The number of ether oxygens (including phenoxy) is 2. The summed E-state index contributed by atoms with van der Waals surface area (Å²) in [5.41, 5.74) is 2.13. The molecule has 0 aliphatic carbocycles. The van der Waals surface area contributed by atoms with E-state index in [0.29, 0.717) is 17.0 Å². The maximum Gasteiger partial charge on any atom is 0.344 e. The third-order valence-electron chi connectivity index (χ3n) is 3.79. The number of aryl methyl sites for hydroxylation is 1. The van der Waals surface area contributed by atoms with Gasteiger partial charge in [-0.2, -0.15) is 10.4 Å². The Hall–Kier alpha value is -3.66. The first kappa shape index (κ1) is 18.1. The summed E-state index contributed by atoms with van der Waals surface area (Å²) in [7, 11) is 0. The summed E-state index contributed by atoms with van der Waals surface area (Å²) in [6.45, 7) is 1.21. The highest BCUT2D eigenvalue weighted by Crippen LogP contribution is 2.19. The molecule has 0 saturated carbocycles. The summed E-state index contributed by atoms with van der Waals surface area (Å²) in [6, 6.07) is 16.8. The number of hydrogen-bond donors (Lipinski definition) is 0. The maximum absolute atomic E-state index is 13.1. The summed E-state index contributed by atoms with van der Waals surface area (Å²) < 4.78 is 25.1. The zero-order valence-electron chi connectivity index (χ0n) is 14.6. The quantitative estimate of drug-likeness (QED) is 0.626. The molecular formula is C20H16FN3O3. The third kappa shape index (κ3) is 4.30. The monoisotopic (exact) mass is 365 g/mol. The minimum atomic E-state index is -0.637. The maximum atomic E-state index is 13.1. The lowest BCUT2D eigenvalue weighted by Gasteiger charge is -2.10. The Labute approximate surface area is 155 Å². The fraction of sp³-hybridized carbons (Fsp3) is 0.150. The number of carbonyl (C=O) groups is 1. The van der Waals surface area contributed by atoms with E-state index >= 15 is 0 Å². The minimum Gasteiger partial charge on any atom is -0.482 e. The van der Waals surface area contributed by atoms with Crippen LogP contribution in [0.25, 0.3) is 5.69 Å². The lowest BCUT2D eigenvalue weighted by molar-refractivity contribution is -0.147. The van der Waals surface area contributed by atoms with Crippen molar-refractivity contribution < 1.29 is 18.7 Å². The zero-order chi connectivity index (χ0) is 19.2. The van der Waals surface area contributed by atoms with Gasteiger partial charge in [-0.1, -0.05) is 24.3 Å². The van der Waals surface area contributed by atoms with Crippen LogP contribution in [0.2, 0.25) is 0 Å². The lowest BCUT2D eigenvalue weighted by Crippen LogP contribution is -2.16. The van der Waals surface area contributed by atoms with Crippen molar-refractivity contribution in [2.45, 2.75) is 13.5 Å². The molecule has 1 heterocycles. The predicted molar refractivity (Wildman–Crippen MR) is 94.7 cm³/mol. The van der Waals surface area contributed by atoms with Crippen LogP contribution in [0.15, 0.2) is 54.6 Å². The molecule has 0 atom stereocenters. The Morgan fingerprint density at radius 1 is 1.22 bits per heavy atom. The Morgan fingerprint density at radius 2 is 2.00 bits per heavy atom. The number of aromatic nitrogens is 2. The molecule has 7 heteroatoms. The highest BCUT2D eigenvalue weighted by molar-refractivity contribution is 5.71. The Bertz CT molecular complexity index is 993. The predicted octanol–water partition coefficient (Wildman–Crippen LogP) is 3.31. The van der Waals surface area contributed by atoms with Gasteiger partial charge in [0.2, 0.25) is 0 Å². The van der Waals surface area contributed by atoms with Gasteiger partial charge in [0.1, 0.15) is 29.8 Å². The number of benzene rings is 2. The number of esters is 1. The molecule has 6 nitrogen and oxygen atoms in total. The number of para-hydroxylation sites is 1. The van der Waals surface area contributed by atoms with Crippen LogP contribution in [0.5, 0.6) is 5.75 Å². The van der Waals surface area contributed by atoms with Crippen molar-refractivity contribution in [3.63, 3.8) is 0 Å². The molecule has 136 valence electrons. The summed E-state index contributed by atoms with van der Waals surface area (Å²) in [6.07, 6.45) is 0. The molecule has 0 N–H and O–H groups in total. The molecule has 0 aliphatic rings. The van der Waals surface area contributed by atoms with Gasteiger partial charge in [0.05, 0.1) is 17.1 Å². The van der Waals surface area contributed by atoms with Crippen LogP contribution in [0.1, 0.15) is 17.0 Å². The highest BCUT2D eigenvalue weighted by atomic mass is 19.1. The Balaban J connectivity index is 1.70. The molecule has 0 amide bonds. The highest BCUT2D eigenvalue weighted by Gasteiger charge is 2.18. The van der Waals surface area contributed by atoms with Gasteiger partial charge in [-0.15, -0.1) is 0 Å². The van der Waals surface area contributed by atoms with E-state index in [1.54, 1.807) is 11.6 Å². The number of rotatable bonds is 6. The second kappa shape index (κ2) is 8.15. The molecule has 0 spiro atoms. The van der Waals surface area contributed by atoms with Crippen molar-refractivity contribution in [1.29, 1.82) is 5.26 Å². The van der Waals surface area contributed by atoms with Gasteiger partial charge in [-0.25, -0.2) is 13.9 Å². The molecule has 0 saturated heterocycles. The largest absolute Gasteiger partial charge is 0.482 e. The second-order valence-electron chi connectivity index (χ2n) is 5.67. The average molecular weight is 365 g/mol. The lowest BCUT2D eigenvalue weighted by atomic mass is 10.2. The smallest absolute Gasteiger partial charge is 0.344 e. The molecule has 0 aliphatic heterocycles. The minimum absolute atomic E-state index is 0.135. The van der Waals surface area contributed by atoms with Gasteiger partial charge in [-0.3, -0.25) is 0 Å². The molecular weight excluding hydrogens is 349 g/mol. The normalized spacial score (nSPS) is 10.3. The SMILES string of the molecule is Cc1nn(-c2ccccc2)c(COC(=O)COc2cccc(F)c2)c1C#N. The van der Waals surface area contributed by atoms with Crippen LogP contribution in [0, 0.1) is 24.1 Å². The molecule has 0 unspecified atom stereocenters. The van der Waals surface area contributed by atoms with Crippen molar-refractivity contribution in [2.24, 2.45) is 0 Å². The van der Waals surface area contributed by atoms with E-state index in [4.69, 9.17) is 9.47 Å². The molecule has 0 bridgehead atoms. The number of nitrogens with zero attached hydrogens (tertiary/aromatic N) is 3. The van der Waals surface area contributed by atoms with E-state index in [-0.39, 0.29) is 19.0 Å². The van der Waals surface area contributed by atoms with Gasteiger partial charge in [0.25, 0.3) is 0 Å². The van der Waals surface area contributed by atoms with Crippen molar-refractivity contribution in [2.75, 3.05) is 6.61 Å². The molecule has 0 fully saturated rings. The number of nitriles is 1. The molecule has 3 rings (SSSR count). The van der Waals surface area contributed by atoms with Crippen molar-refractivity contribution >= 4 is 5.97 Å². The number of carbonyl (C=O) groups excluding carboxylic acids is 1. The molecule has 2 aromatic carbocycles. The first-order valence-electron chi connectivity index (χ1n) is 8.16. The van der Waals surface area contributed by atoms with E-state index in [9.17, 15) is 14.4 Å². The van der Waals surface area contributed by atoms with E-state index < -0.39 is 11.8 Å². The van der Waals surface area contributed by atoms with E-state index in [1.807, 2.05) is 30.3 Å². The van der Waals surface area contributed by atoms with Crippen molar-refractivity contribution in [3.05, 3.63) is 77.4 Å². The van der Waals surface area contributed by atoms with Gasteiger partial charge in [-0.05, 0) is 31.2 Å². The van der Waals surface area contributed by atoms with Crippen LogP contribution < -0.4 is 4.74 Å². The Kier molecular flexibility index (Phi) is 5.47. The van der Waals surface area contributed by atoms with Gasteiger partial charge < -0.3 is 9.47 Å². The third-order valence-corrected chi connectivity index (χ3v) is 3.79. The van der Waals surface area contributed by atoms with Gasteiger partial charge in [0, 0.05) is 6.07 Å². The number of hydrogen-bond acceptors (Lipinski definition) is 5. The summed E-state index contributed by atoms with van der Waals surface area (Å²) >= 11 is 0. The van der Waals surface area contributed by atoms with Gasteiger partial charge in [0.15, 0.2) is 6.61 Å². The fourth-order valence-electron chi connectivity index (χ4n) is 2.53. The van der Waals surface area contributed by atoms with E-state index in [0.717, 1.165) is 5.69 Å². The van der Waals surface area contributed by atoms with Crippen LogP contribution in [-0.2, 0) is 16.1 Å². The molecule has 1 aromatic heterocycles. The second-order valence-corrected chi connectivity index (χ2v) is 5.67.